The Bertz CT molecular complexity index is 1230. The molecule has 0 fully saturated rings. The van der Waals surface area contributed by atoms with Gasteiger partial charge < -0.3 is 9.84 Å². The van der Waals surface area contributed by atoms with Crippen molar-refractivity contribution in [1.29, 1.82) is 0 Å². The lowest BCUT2D eigenvalue weighted by atomic mass is 9.92. The molecule has 0 aliphatic carbocycles. The molecule has 0 saturated carbocycles. The Balaban J connectivity index is 1.73. The van der Waals surface area contributed by atoms with Gasteiger partial charge in [0.25, 0.3) is 5.91 Å². The predicted octanol–water partition coefficient (Wildman–Crippen LogP) is 6.31. The van der Waals surface area contributed by atoms with Gasteiger partial charge in [0.2, 0.25) is 0 Å². The number of anilines is 1. The Morgan fingerprint density at radius 2 is 1.71 bits per heavy atom. The Labute approximate surface area is 206 Å². The molecule has 1 aliphatic rings. The van der Waals surface area contributed by atoms with Crippen LogP contribution in [0.4, 0.5) is 5.69 Å². The second-order valence-electron chi connectivity index (χ2n) is 9.00. The first-order valence-corrected chi connectivity index (χ1v) is 12.1. The van der Waals surface area contributed by atoms with E-state index < -0.39 is 17.7 Å². The number of aliphatic hydroxyl groups is 1. The number of nitrogens with zero attached hydrogens (tertiary/aromatic N) is 1. The fourth-order valence-electron chi connectivity index (χ4n) is 4.47. The van der Waals surface area contributed by atoms with E-state index in [0.717, 1.165) is 11.1 Å². The summed E-state index contributed by atoms with van der Waals surface area (Å²) in [7, 11) is 0. The molecule has 0 radical (unpaired) electrons. The largest absolute Gasteiger partial charge is 0.503 e. The van der Waals surface area contributed by atoms with Crippen LogP contribution in [0.3, 0.4) is 0 Å². The molecule has 0 aromatic heterocycles. The standard InChI is InChI=1S/C30H31NO4/c1-4-35-25-12-8-11-23(19-25)28-27(26(32)18-13-21-9-6-5-7-10-21)29(33)30(34)31(28)24-16-14-22(15-17-24)20(2)3/h5-12,14-17,19-20,28,33H,4,13,18H2,1-3H3. The van der Waals surface area contributed by atoms with E-state index in [9.17, 15) is 14.7 Å². The van der Waals surface area contributed by atoms with Crippen LogP contribution >= 0.6 is 0 Å². The summed E-state index contributed by atoms with van der Waals surface area (Å²) < 4.78 is 5.68. The number of aliphatic hydroxyl groups excluding tert-OH is 1. The van der Waals surface area contributed by atoms with Crippen molar-refractivity contribution in [2.45, 2.75) is 45.6 Å². The molecule has 5 heteroatoms. The number of benzene rings is 3. The van der Waals surface area contributed by atoms with E-state index in [2.05, 4.69) is 13.8 Å². The van der Waals surface area contributed by atoms with E-state index in [1.54, 1.807) is 0 Å². The van der Waals surface area contributed by atoms with Gasteiger partial charge in [0.05, 0.1) is 18.2 Å². The van der Waals surface area contributed by atoms with Crippen molar-refractivity contribution >= 4 is 17.4 Å². The van der Waals surface area contributed by atoms with Crippen molar-refractivity contribution in [3.05, 3.63) is 107 Å². The topological polar surface area (TPSA) is 66.8 Å². The zero-order chi connectivity index (χ0) is 24.9. The summed E-state index contributed by atoms with van der Waals surface area (Å²) in [5.41, 5.74) is 3.65. The highest BCUT2D eigenvalue weighted by Gasteiger charge is 2.44. The molecule has 1 amide bonds. The summed E-state index contributed by atoms with van der Waals surface area (Å²) in [4.78, 5) is 28.3. The maximum Gasteiger partial charge on any atom is 0.294 e. The fraction of sp³-hybridized carbons (Fsp3) is 0.267. The van der Waals surface area contributed by atoms with Crippen LogP contribution < -0.4 is 9.64 Å². The van der Waals surface area contributed by atoms with E-state index in [-0.39, 0.29) is 17.8 Å². The Morgan fingerprint density at radius 3 is 2.37 bits per heavy atom. The van der Waals surface area contributed by atoms with Crippen molar-refractivity contribution in [3.63, 3.8) is 0 Å². The van der Waals surface area contributed by atoms with Crippen LogP contribution in [0.2, 0.25) is 0 Å². The van der Waals surface area contributed by atoms with Crippen LogP contribution in [0.15, 0.2) is 90.2 Å². The van der Waals surface area contributed by atoms with Crippen LogP contribution in [0.25, 0.3) is 0 Å². The minimum atomic E-state index is -0.740. The zero-order valence-corrected chi connectivity index (χ0v) is 20.4. The van der Waals surface area contributed by atoms with Crippen molar-refractivity contribution in [1.82, 2.24) is 0 Å². The summed E-state index contributed by atoms with van der Waals surface area (Å²) >= 11 is 0. The van der Waals surface area contributed by atoms with Gasteiger partial charge >= 0.3 is 0 Å². The average molecular weight is 470 g/mol. The van der Waals surface area contributed by atoms with Crippen LogP contribution in [0.5, 0.6) is 5.75 Å². The molecule has 180 valence electrons. The number of hydrogen-bond donors (Lipinski definition) is 1. The van der Waals surface area contributed by atoms with Gasteiger partial charge in [-0.05, 0) is 60.2 Å². The highest BCUT2D eigenvalue weighted by molar-refractivity contribution is 6.16. The first-order valence-electron chi connectivity index (χ1n) is 12.1. The normalized spacial score (nSPS) is 15.7. The molecule has 3 aromatic carbocycles. The molecule has 1 heterocycles. The quantitative estimate of drug-likeness (QED) is 0.399. The lowest BCUT2D eigenvalue weighted by molar-refractivity contribution is -0.118. The SMILES string of the molecule is CCOc1cccc(C2C(C(=O)CCc3ccccc3)=C(O)C(=O)N2c2ccc(C(C)C)cc2)c1. The third kappa shape index (κ3) is 5.14. The molecule has 0 bridgehead atoms. The number of carbonyl (C=O) groups excluding carboxylic acids is 2. The number of aryl methyl sites for hydroxylation is 1. The predicted molar refractivity (Wildman–Crippen MR) is 138 cm³/mol. The molecule has 1 N–H and O–H groups in total. The maximum absolute atomic E-state index is 13.5. The Kier molecular flexibility index (Phi) is 7.35. The molecule has 35 heavy (non-hydrogen) atoms. The summed E-state index contributed by atoms with van der Waals surface area (Å²) in [5, 5.41) is 10.9. The number of carbonyl (C=O) groups is 2. The summed E-state index contributed by atoms with van der Waals surface area (Å²) in [6.45, 7) is 6.61. The molecule has 1 atom stereocenters. The van der Waals surface area contributed by atoms with Crippen molar-refractivity contribution in [2.24, 2.45) is 0 Å². The number of Topliss-reactive ketones (excluding diaryl/α,β-unsaturated/α-hetero) is 1. The molecule has 3 aromatic rings. The van der Waals surface area contributed by atoms with Gasteiger partial charge in [-0.2, -0.15) is 0 Å². The summed E-state index contributed by atoms with van der Waals surface area (Å²) in [6.07, 6.45) is 0.720. The minimum Gasteiger partial charge on any atom is -0.503 e. The molecular weight excluding hydrogens is 438 g/mol. The fourth-order valence-corrected chi connectivity index (χ4v) is 4.47. The molecular formula is C30H31NO4. The summed E-state index contributed by atoms with van der Waals surface area (Å²) in [6, 6.07) is 24.1. The minimum absolute atomic E-state index is 0.132. The highest BCUT2D eigenvalue weighted by atomic mass is 16.5. The van der Waals surface area contributed by atoms with E-state index in [4.69, 9.17) is 4.74 Å². The smallest absolute Gasteiger partial charge is 0.294 e. The van der Waals surface area contributed by atoms with E-state index in [1.165, 1.54) is 4.90 Å². The molecule has 5 nitrogen and oxygen atoms in total. The molecule has 1 aliphatic heterocycles. The molecule has 4 rings (SSSR count). The van der Waals surface area contributed by atoms with Gasteiger partial charge in [0.1, 0.15) is 5.75 Å². The van der Waals surface area contributed by atoms with Crippen molar-refractivity contribution < 1.29 is 19.4 Å². The van der Waals surface area contributed by atoms with Crippen molar-refractivity contribution in [2.75, 3.05) is 11.5 Å². The van der Waals surface area contributed by atoms with Crippen LogP contribution in [-0.2, 0) is 16.0 Å². The Hall–Kier alpha value is -3.86. The van der Waals surface area contributed by atoms with Gasteiger partial charge in [-0.3, -0.25) is 14.5 Å². The lowest BCUT2D eigenvalue weighted by Crippen LogP contribution is -2.31. The second-order valence-corrected chi connectivity index (χ2v) is 9.00. The number of amides is 1. The van der Waals surface area contributed by atoms with Gasteiger partial charge in [0.15, 0.2) is 11.5 Å². The van der Waals surface area contributed by atoms with Crippen molar-refractivity contribution in [3.8, 4) is 5.75 Å². The highest BCUT2D eigenvalue weighted by Crippen LogP contribution is 2.42. The lowest BCUT2D eigenvalue weighted by Gasteiger charge is -2.27. The van der Waals surface area contributed by atoms with E-state index >= 15 is 0 Å². The molecule has 0 spiro atoms. The maximum atomic E-state index is 13.5. The van der Waals surface area contributed by atoms with Gasteiger partial charge in [-0.15, -0.1) is 0 Å². The molecule has 1 unspecified atom stereocenters. The van der Waals surface area contributed by atoms with E-state index in [0.29, 0.717) is 35.9 Å². The first kappa shape index (κ1) is 24.3. The zero-order valence-electron chi connectivity index (χ0n) is 20.4. The van der Waals surface area contributed by atoms with Crippen LogP contribution in [0.1, 0.15) is 55.8 Å². The average Bonchev–Trinajstić information content (AvgIpc) is 3.14. The Morgan fingerprint density at radius 1 is 1.00 bits per heavy atom. The molecule has 0 saturated heterocycles. The second kappa shape index (κ2) is 10.6. The number of rotatable bonds is 9. The van der Waals surface area contributed by atoms with Crippen LogP contribution in [0, 0.1) is 0 Å². The van der Waals surface area contributed by atoms with Crippen LogP contribution in [-0.4, -0.2) is 23.4 Å². The van der Waals surface area contributed by atoms with Gasteiger partial charge in [-0.25, -0.2) is 0 Å². The third-order valence-electron chi connectivity index (χ3n) is 6.31. The number of ketones is 1. The first-order chi connectivity index (χ1) is 16.9. The summed E-state index contributed by atoms with van der Waals surface area (Å²) in [5.74, 6) is -0.304. The van der Waals surface area contributed by atoms with Gasteiger partial charge in [-0.1, -0.05) is 68.4 Å². The number of ether oxygens (including phenoxy) is 1. The van der Waals surface area contributed by atoms with Gasteiger partial charge in [0, 0.05) is 12.1 Å². The van der Waals surface area contributed by atoms with E-state index in [1.807, 2.05) is 85.8 Å². The number of hydrogen-bond acceptors (Lipinski definition) is 4. The third-order valence-corrected chi connectivity index (χ3v) is 6.31. The monoisotopic (exact) mass is 469 g/mol.